The van der Waals surface area contributed by atoms with Gasteiger partial charge >= 0.3 is 0 Å². The Kier molecular flexibility index (Phi) is 8.91. The van der Waals surface area contributed by atoms with Crippen molar-refractivity contribution in [1.29, 1.82) is 0 Å². The SMILES string of the molecule is CC(C)Cc1ccc(S(=O)(=O)N2CCC3(CC2)NCCN=C3NCc2cc(F)cc(F)c2)cc1.Cl. The van der Waals surface area contributed by atoms with Gasteiger partial charge in [0.25, 0.3) is 0 Å². The number of nitrogens with one attached hydrogen (secondary N) is 2. The van der Waals surface area contributed by atoms with Gasteiger partial charge in [0.2, 0.25) is 10.0 Å². The molecule has 2 N–H and O–H groups in total. The highest BCUT2D eigenvalue weighted by Crippen LogP contribution is 2.29. The minimum Gasteiger partial charge on any atom is -0.368 e. The number of nitrogens with zero attached hydrogens (tertiary/aromatic N) is 2. The van der Waals surface area contributed by atoms with Crippen molar-refractivity contribution in [1.82, 2.24) is 14.9 Å². The largest absolute Gasteiger partial charge is 0.368 e. The molecule has 0 bridgehead atoms. The molecule has 0 radical (unpaired) electrons. The fraction of sp³-hybridized carbons (Fsp3) is 0.480. The molecule has 2 aliphatic heterocycles. The molecule has 35 heavy (non-hydrogen) atoms. The number of sulfonamides is 1. The van der Waals surface area contributed by atoms with Crippen molar-refractivity contribution < 1.29 is 17.2 Å². The van der Waals surface area contributed by atoms with E-state index in [2.05, 4.69) is 29.5 Å². The lowest BCUT2D eigenvalue weighted by Gasteiger charge is -2.44. The quantitative estimate of drug-likeness (QED) is 0.599. The molecule has 0 aromatic heterocycles. The predicted molar refractivity (Wildman–Crippen MR) is 136 cm³/mol. The summed E-state index contributed by atoms with van der Waals surface area (Å²) in [6, 6.07) is 10.6. The van der Waals surface area contributed by atoms with E-state index in [-0.39, 0.29) is 19.0 Å². The highest BCUT2D eigenvalue weighted by Gasteiger charge is 2.43. The van der Waals surface area contributed by atoms with Crippen molar-refractivity contribution >= 4 is 28.3 Å². The maximum absolute atomic E-state index is 13.5. The first kappa shape index (κ1) is 27.5. The first-order valence-corrected chi connectivity index (χ1v) is 13.2. The molecule has 4 rings (SSSR count). The molecule has 6 nitrogen and oxygen atoms in total. The molecular formula is C25H33ClF2N4O2S. The third-order valence-corrected chi connectivity index (χ3v) is 8.37. The van der Waals surface area contributed by atoms with Crippen LogP contribution in [0.3, 0.4) is 0 Å². The summed E-state index contributed by atoms with van der Waals surface area (Å²) < 4.78 is 55.1. The number of halogens is 3. The van der Waals surface area contributed by atoms with Crippen LogP contribution in [0.2, 0.25) is 0 Å². The van der Waals surface area contributed by atoms with Crippen molar-refractivity contribution in [2.75, 3.05) is 26.2 Å². The second kappa shape index (κ2) is 11.3. The Hall–Kier alpha value is -2.07. The van der Waals surface area contributed by atoms with E-state index < -0.39 is 27.2 Å². The highest BCUT2D eigenvalue weighted by atomic mass is 35.5. The molecule has 10 heteroatoms. The van der Waals surface area contributed by atoms with Gasteiger partial charge in [-0.05, 0) is 60.6 Å². The van der Waals surface area contributed by atoms with Gasteiger partial charge in [0.05, 0.1) is 17.0 Å². The van der Waals surface area contributed by atoms with Gasteiger partial charge in [0.15, 0.2) is 0 Å². The zero-order chi connectivity index (χ0) is 24.3. The molecule has 1 fully saturated rings. The number of benzene rings is 2. The zero-order valence-corrected chi connectivity index (χ0v) is 21.7. The number of rotatable bonds is 6. The van der Waals surface area contributed by atoms with Crippen LogP contribution in [0.1, 0.15) is 37.8 Å². The number of hydrogen-bond donors (Lipinski definition) is 2. The zero-order valence-electron chi connectivity index (χ0n) is 20.1. The van der Waals surface area contributed by atoms with Crippen LogP contribution in [-0.2, 0) is 23.0 Å². The first-order chi connectivity index (χ1) is 16.2. The molecular weight excluding hydrogens is 494 g/mol. The fourth-order valence-electron chi connectivity index (χ4n) is 4.76. The van der Waals surface area contributed by atoms with Crippen LogP contribution in [0.15, 0.2) is 52.4 Å². The van der Waals surface area contributed by atoms with Crippen LogP contribution >= 0.6 is 12.4 Å². The van der Waals surface area contributed by atoms with Gasteiger partial charge in [-0.25, -0.2) is 17.2 Å². The van der Waals surface area contributed by atoms with Crippen molar-refractivity contribution in [3.8, 4) is 0 Å². The Morgan fingerprint density at radius 3 is 2.29 bits per heavy atom. The number of hydrogen-bond acceptors (Lipinski definition) is 5. The fourth-order valence-corrected chi connectivity index (χ4v) is 6.20. The molecule has 0 amide bonds. The maximum atomic E-state index is 13.5. The first-order valence-electron chi connectivity index (χ1n) is 11.8. The lowest BCUT2D eigenvalue weighted by Crippen LogP contribution is -2.64. The summed E-state index contributed by atoms with van der Waals surface area (Å²) in [5.41, 5.74) is 1.14. The standard InChI is InChI=1S/C25H32F2N4O2S.ClH/c1-18(2)13-19-3-5-23(6-4-19)34(32,33)31-11-7-25(8-12-31)24(28-9-10-30-25)29-17-20-14-21(26)16-22(27)15-20;/h3-6,14-16,18,30H,7-13,17H2,1-2H3,(H,28,29);1H. The van der Waals surface area contributed by atoms with Gasteiger partial charge in [0.1, 0.15) is 17.5 Å². The Morgan fingerprint density at radius 1 is 1.06 bits per heavy atom. The molecule has 0 atom stereocenters. The van der Waals surface area contributed by atoms with Gasteiger partial charge in [-0.1, -0.05) is 26.0 Å². The number of amidine groups is 1. The third kappa shape index (κ3) is 6.39. The molecule has 0 unspecified atom stereocenters. The molecule has 192 valence electrons. The highest BCUT2D eigenvalue weighted by molar-refractivity contribution is 7.89. The van der Waals surface area contributed by atoms with Crippen LogP contribution in [0, 0.1) is 17.6 Å². The monoisotopic (exact) mass is 526 g/mol. The van der Waals surface area contributed by atoms with E-state index in [1.54, 1.807) is 12.1 Å². The Morgan fingerprint density at radius 2 is 1.69 bits per heavy atom. The van der Waals surface area contributed by atoms with Crippen molar-refractivity contribution in [2.45, 2.75) is 50.1 Å². The van der Waals surface area contributed by atoms with Gasteiger partial charge < -0.3 is 10.6 Å². The van der Waals surface area contributed by atoms with Crippen LogP contribution in [0.4, 0.5) is 8.78 Å². The Bertz CT molecular complexity index is 1130. The van der Waals surface area contributed by atoms with Crippen molar-refractivity contribution in [3.63, 3.8) is 0 Å². The summed E-state index contributed by atoms with van der Waals surface area (Å²) in [6.45, 7) is 6.52. The molecule has 2 aromatic carbocycles. The van der Waals surface area contributed by atoms with Crippen molar-refractivity contribution in [3.05, 3.63) is 65.2 Å². The van der Waals surface area contributed by atoms with Gasteiger partial charge in [-0.2, -0.15) is 4.31 Å². The van der Waals surface area contributed by atoms with Gasteiger partial charge in [0, 0.05) is 32.2 Å². The topological polar surface area (TPSA) is 73.8 Å². The molecule has 1 spiro atoms. The lowest BCUT2D eigenvalue weighted by atomic mass is 9.85. The van der Waals surface area contributed by atoms with E-state index in [1.165, 1.54) is 16.4 Å². The molecule has 2 aromatic rings. The van der Waals surface area contributed by atoms with Gasteiger partial charge in [-0.15, -0.1) is 12.4 Å². The second-order valence-electron chi connectivity index (χ2n) is 9.52. The minimum atomic E-state index is -3.58. The van der Waals surface area contributed by atoms with Gasteiger partial charge in [-0.3, -0.25) is 4.99 Å². The average Bonchev–Trinajstić information content (AvgIpc) is 2.78. The smallest absolute Gasteiger partial charge is 0.243 e. The van der Waals surface area contributed by atoms with Crippen LogP contribution in [-0.4, -0.2) is 50.3 Å². The number of piperidine rings is 1. The summed E-state index contributed by atoms with van der Waals surface area (Å²) in [5, 5.41) is 6.76. The number of aliphatic imine (C=N–C) groups is 1. The summed E-state index contributed by atoms with van der Waals surface area (Å²) in [7, 11) is -3.58. The third-order valence-electron chi connectivity index (χ3n) is 6.46. The molecule has 0 aliphatic carbocycles. The minimum absolute atomic E-state index is 0. The maximum Gasteiger partial charge on any atom is 0.243 e. The Balaban J connectivity index is 0.00000342. The van der Waals surface area contributed by atoms with E-state index in [0.29, 0.717) is 55.4 Å². The second-order valence-corrected chi connectivity index (χ2v) is 11.5. The average molecular weight is 527 g/mol. The normalized spacial score (nSPS) is 18.3. The summed E-state index contributed by atoms with van der Waals surface area (Å²) >= 11 is 0. The lowest BCUT2D eigenvalue weighted by molar-refractivity contribution is 0.241. The van der Waals surface area contributed by atoms with Crippen molar-refractivity contribution in [2.24, 2.45) is 10.9 Å². The van der Waals surface area contributed by atoms with Crippen LogP contribution in [0.25, 0.3) is 0 Å². The summed E-state index contributed by atoms with van der Waals surface area (Å²) in [4.78, 5) is 4.95. The summed E-state index contributed by atoms with van der Waals surface area (Å²) in [5.74, 6) is -0.0106. The predicted octanol–water partition coefficient (Wildman–Crippen LogP) is 3.90. The molecule has 2 aliphatic rings. The molecule has 1 saturated heterocycles. The molecule has 0 saturated carbocycles. The van der Waals surface area contributed by atoms with Crippen LogP contribution in [0.5, 0.6) is 0 Å². The van der Waals surface area contributed by atoms with E-state index in [1.807, 2.05) is 12.1 Å². The Labute approximate surface area is 212 Å². The molecule has 2 heterocycles. The van der Waals surface area contributed by atoms with E-state index in [4.69, 9.17) is 0 Å². The van der Waals surface area contributed by atoms with Crippen LogP contribution < -0.4 is 10.6 Å². The summed E-state index contributed by atoms with van der Waals surface area (Å²) in [6.07, 6.45) is 2.03. The van der Waals surface area contributed by atoms with E-state index in [9.17, 15) is 17.2 Å². The van der Waals surface area contributed by atoms with E-state index in [0.717, 1.165) is 23.9 Å². The van der Waals surface area contributed by atoms with E-state index >= 15 is 0 Å².